The number of halogens is 1. The number of aromatic nitrogens is 1. The molecule has 0 radical (unpaired) electrons. The van der Waals surface area contributed by atoms with Crippen molar-refractivity contribution in [2.24, 2.45) is 5.73 Å². The van der Waals surface area contributed by atoms with E-state index >= 15 is 0 Å². The van der Waals surface area contributed by atoms with Crippen molar-refractivity contribution in [1.29, 1.82) is 0 Å². The lowest BCUT2D eigenvalue weighted by molar-refractivity contribution is -0.142. The van der Waals surface area contributed by atoms with E-state index in [9.17, 15) is 9.18 Å². The predicted molar refractivity (Wildman–Crippen MR) is 48.0 cm³/mol. The summed E-state index contributed by atoms with van der Waals surface area (Å²) in [4.78, 5) is 14.6. The maximum atomic E-state index is 12.5. The average Bonchev–Trinajstić information content (AvgIpc) is 2.21. The number of hydrogen-bond acceptors (Lipinski definition) is 4. The maximum absolute atomic E-state index is 12.5. The standard InChI is InChI=1S/C9H11FN2O2/c1-14-9(13)7(4-11)6-2-3-8(10)12-5-6/h2-3,5,7H,4,11H2,1H3. The molecule has 76 valence electrons. The Bertz CT molecular complexity index is 313. The first-order valence-corrected chi connectivity index (χ1v) is 4.08. The molecule has 0 saturated heterocycles. The Labute approximate surface area is 80.9 Å². The second-order valence-corrected chi connectivity index (χ2v) is 2.73. The van der Waals surface area contributed by atoms with Crippen molar-refractivity contribution < 1.29 is 13.9 Å². The summed E-state index contributed by atoms with van der Waals surface area (Å²) in [6.07, 6.45) is 1.28. The smallest absolute Gasteiger partial charge is 0.314 e. The molecular weight excluding hydrogens is 187 g/mol. The van der Waals surface area contributed by atoms with Crippen molar-refractivity contribution in [3.8, 4) is 0 Å². The fourth-order valence-electron chi connectivity index (χ4n) is 1.10. The summed E-state index contributed by atoms with van der Waals surface area (Å²) < 4.78 is 17.0. The molecule has 4 nitrogen and oxygen atoms in total. The minimum atomic E-state index is -0.589. The number of carbonyl (C=O) groups is 1. The van der Waals surface area contributed by atoms with Gasteiger partial charge in [0.15, 0.2) is 0 Å². The van der Waals surface area contributed by atoms with Crippen LogP contribution in [0.25, 0.3) is 0 Å². The first-order valence-electron chi connectivity index (χ1n) is 4.08. The molecule has 0 aromatic carbocycles. The molecule has 0 aliphatic heterocycles. The number of nitrogens with two attached hydrogens (primary N) is 1. The molecule has 1 heterocycles. The molecule has 0 amide bonds. The number of carbonyl (C=O) groups excluding carboxylic acids is 1. The van der Waals surface area contributed by atoms with E-state index in [0.29, 0.717) is 5.56 Å². The quantitative estimate of drug-likeness (QED) is 0.565. The van der Waals surface area contributed by atoms with Gasteiger partial charge in [0.2, 0.25) is 5.95 Å². The van der Waals surface area contributed by atoms with Gasteiger partial charge in [-0.05, 0) is 11.6 Å². The lowest BCUT2D eigenvalue weighted by Gasteiger charge is -2.11. The minimum Gasteiger partial charge on any atom is -0.469 e. The summed E-state index contributed by atoms with van der Waals surface area (Å²) in [5, 5.41) is 0. The van der Waals surface area contributed by atoms with E-state index in [-0.39, 0.29) is 6.54 Å². The normalized spacial score (nSPS) is 12.2. The van der Waals surface area contributed by atoms with Gasteiger partial charge >= 0.3 is 5.97 Å². The molecule has 1 unspecified atom stereocenters. The van der Waals surface area contributed by atoms with E-state index in [1.807, 2.05) is 0 Å². The van der Waals surface area contributed by atoms with Crippen molar-refractivity contribution >= 4 is 5.97 Å². The third kappa shape index (κ3) is 2.26. The van der Waals surface area contributed by atoms with Crippen molar-refractivity contribution in [3.05, 3.63) is 29.8 Å². The highest BCUT2D eigenvalue weighted by atomic mass is 19.1. The molecule has 1 rings (SSSR count). The number of methoxy groups -OCH3 is 1. The molecule has 2 N–H and O–H groups in total. The van der Waals surface area contributed by atoms with Crippen LogP contribution in [0.2, 0.25) is 0 Å². The number of hydrogen-bond donors (Lipinski definition) is 1. The van der Waals surface area contributed by atoms with Gasteiger partial charge < -0.3 is 10.5 Å². The predicted octanol–water partition coefficient (Wildman–Crippen LogP) is 0.436. The lowest BCUT2D eigenvalue weighted by atomic mass is 10.0. The van der Waals surface area contributed by atoms with Crippen LogP contribution in [0.15, 0.2) is 18.3 Å². The van der Waals surface area contributed by atoms with Gasteiger partial charge in [-0.15, -0.1) is 0 Å². The second-order valence-electron chi connectivity index (χ2n) is 2.73. The molecule has 0 saturated carbocycles. The van der Waals surface area contributed by atoms with Crippen LogP contribution in [-0.4, -0.2) is 24.6 Å². The van der Waals surface area contributed by atoms with Crippen molar-refractivity contribution in [3.63, 3.8) is 0 Å². The van der Waals surface area contributed by atoms with E-state index in [1.54, 1.807) is 0 Å². The van der Waals surface area contributed by atoms with Gasteiger partial charge in [-0.25, -0.2) is 4.98 Å². The van der Waals surface area contributed by atoms with Crippen LogP contribution in [0.1, 0.15) is 11.5 Å². The first kappa shape index (κ1) is 10.6. The van der Waals surface area contributed by atoms with Gasteiger partial charge in [-0.3, -0.25) is 4.79 Å². The molecule has 1 aromatic rings. The molecule has 0 bridgehead atoms. The van der Waals surface area contributed by atoms with Crippen LogP contribution in [0.5, 0.6) is 0 Å². The highest BCUT2D eigenvalue weighted by Gasteiger charge is 2.19. The molecule has 0 aliphatic rings. The second kappa shape index (κ2) is 4.66. The van der Waals surface area contributed by atoms with Crippen LogP contribution in [0.4, 0.5) is 4.39 Å². The van der Waals surface area contributed by atoms with E-state index < -0.39 is 17.8 Å². The highest BCUT2D eigenvalue weighted by molar-refractivity contribution is 5.78. The molecule has 0 spiro atoms. The summed E-state index contributed by atoms with van der Waals surface area (Å²) in [6.45, 7) is 0.111. The number of ether oxygens (including phenoxy) is 1. The fraction of sp³-hybridized carbons (Fsp3) is 0.333. The van der Waals surface area contributed by atoms with Crippen LogP contribution in [0.3, 0.4) is 0 Å². The topological polar surface area (TPSA) is 65.2 Å². The third-order valence-corrected chi connectivity index (χ3v) is 1.87. The molecule has 1 atom stereocenters. The Morgan fingerprint density at radius 1 is 1.71 bits per heavy atom. The Balaban J connectivity index is 2.89. The zero-order chi connectivity index (χ0) is 10.6. The molecule has 0 fully saturated rings. The van der Waals surface area contributed by atoms with Crippen LogP contribution in [-0.2, 0) is 9.53 Å². The monoisotopic (exact) mass is 198 g/mol. The fourth-order valence-corrected chi connectivity index (χ4v) is 1.10. The number of nitrogens with zero attached hydrogens (tertiary/aromatic N) is 1. The lowest BCUT2D eigenvalue weighted by Crippen LogP contribution is -2.22. The molecule has 0 aliphatic carbocycles. The third-order valence-electron chi connectivity index (χ3n) is 1.87. The Hall–Kier alpha value is -1.49. The van der Waals surface area contributed by atoms with Gasteiger partial charge in [-0.1, -0.05) is 6.07 Å². The van der Waals surface area contributed by atoms with E-state index in [2.05, 4.69) is 9.72 Å². The van der Waals surface area contributed by atoms with Gasteiger partial charge in [-0.2, -0.15) is 4.39 Å². The summed E-state index contributed by atoms with van der Waals surface area (Å²) in [5.74, 6) is -1.61. The number of rotatable bonds is 3. The van der Waals surface area contributed by atoms with Gasteiger partial charge in [0.25, 0.3) is 0 Å². The largest absolute Gasteiger partial charge is 0.469 e. The number of pyridine rings is 1. The zero-order valence-electron chi connectivity index (χ0n) is 7.74. The van der Waals surface area contributed by atoms with Gasteiger partial charge in [0.1, 0.15) is 0 Å². The Morgan fingerprint density at radius 2 is 2.43 bits per heavy atom. The van der Waals surface area contributed by atoms with Crippen LogP contribution >= 0.6 is 0 Å². The van der Waals surface area contributed by atoms with E-state index in [4.69, 9.17) is 5.73 Å². The zero-order valence-corrected chi connectivity index (χ0v) is 7.74. The van der Waals surface area contributed by atoms with Gasteiger partial charge in [0.05, 0.1) is 13.0 Å². The average molecular weight is 198 g/mol. The maximum Gasteiger partial charge on any atom is 0.314 e. The minimum absolute atomic E-state index is 0.111. The van der Waals surface area contributed by atoms with Crippen LogP contribution < -0.4 is 5.73 Å². The summed E-state index contributed by atoms with van der Waals surface area (Å²) in [5.41, 5.74) is 5.95. The van der Waals surface area contributed by atoms with Crippen LogP contribution in [0, 0.1) is 5.95 Å². The molecule has 14 heavy (non-hydrogen) atoms. The van der Waals surface area contributed by atoms with E-state index in [1.165, 1.54) is 25.4 Å². The van der Waals surface area contributed by atoms with Gasteiger partial charge in [0, 0.05) is 12.7 Å². The van der Waals surface area contributed by atoms with Crippen molar-refractivity contribution in [2.45, 2.75) is 5.92 Å². The SMILES string of the molecule is COC(=O)C(CN)c1ccc(F)nc1. The molecule has 5 heteroatoms. The molecule has 1 aromatic heterocycles. The number of esters is 1. The van der Waals surface area contributed by atoms with E-state index in [0.717, 1.165) is 0 Å². The van der Waals surface area contributed by atoms with Crippen molar-refractivity contribution in [1.82, 2.24) is 4.98 Å². The highest BCUT2D eigenvalue weighted by Crippen LogP contribution is 2.14. The van der Waals surface area contributed by atoms with Crippen molar-refractivity contribution in [2.75, 3.05) is 13.7 Å². The summed E-state index contributed by atoms with van der Waals surface area (Å²) >= 11 is 0. The summed E-state index contributed by atoms with van der Waals surface area (Å²) in [7, 11) is 1.28. The Morgan fingerprint density at radius 3 is 2.86 bits per heavy atom. The molecular formula is C9H11FN2O2. The Kier molecular flexibility index (Phi) is 3.53. The summed E-state index contributed by atoms with van der Waals surface area (Å²) in [6, 6.07) is 2.65. The first-order chi connectivity index (χ1) is 6.69.